The van der Waals surface area contributed by atoms with Crippen LogP contribution in [0.25, 0.3) is 6.08 Å². The van der Waals surface area contributed by atoms with Gasteiger partial charge in [-0.1, -0.05) is 55.1 Å². The van der Waals surface area contributed by atoms with Gasteiger partial charge in [-0.15, -0.1) is 24.0 Å². The molecule has 1 unspecified atom stereocenters. The Hall–Kier alpha value is -1.99. The van der Waals surface area contributed by atoms with Crippen LogP contribution < -0.4 is 4.74 Å². The predicted molar refractivity (Wildman–Crippen MR) is 116 cm³/mol. The van der Waals surface area contributed by atoms with E-state index in [4.69, 9.17) is 4.74 Å². The number of benzene rings is 2. The highest BCUT2D eigenvalue weighted by Crippen LogP contribution is 2.14. The van der Waals surface area contributed by atoms with Crippen LogP contribution in [-0.4, -0.2) is 40.8 Å². The lowest BCUT2D eigenvalue weighted by Gasteiger charge is -2.23. The van der Waals surface area contributed by atoms with Crippen molar-refractivity contribution >= 4 is 30.1 Å². The van der Waals surface area contributed by atoms with Gasteiger partial charge in [0.25, 0.3) is 0 Å². The molecule has 0 fully saturated rings. The van der Waals surface area contributed by atoms with E-state index in [1.165, 1.54) is 5.56 Å². The van der Waals surface area contributed by atoms with Crippen molar-refractivity contribution in [3.63, 3.8) is 0 Å². The molecule has 0 aromatic heterocycles. The third-order valence-corrected chi connectivity index (χ3v) is 4.08. The highest BCUT2D eigenvalue weighted by Gasteiger charge is 2.16. The van der Waals surface area contributed by atoms with Gasteiger partial charge in [0.1, 0.15) is 18.5 Å². The van der Waals surface area contributed by atoms with Crippen molar-refractivity contribution in [1.82, 2.24) is 9.80 Å². The summed E-state index contributed by atoms with van der Waals surface area (Å²) < 4.78 is 5.60. The predicted octanol–water partition coefficient (Wildman–Crippen LogP) is 3.93. The SMILES string of the molecule is C=Cc1ccc(CN2C=CN(CC(O)COc3ccccc3)C2)cc1.I. The zero-order chi connectivity index (χ0) is 17.5. The fourth-order valence-electron chi connectivity index (χ4n) is 2.76. The van der Waals surface area contributed by atoms with Crippen molar-refractivity contribution in [1.29, 1.82) is 0 Å². The molecule has 0 aliphatic carbocycles. The number of rotatable bonds is 8. The van der Waals surface area contributed by atoms with E-state index in [1.54, 1.807) is 0 Å². The van der Waals surface area contributed by atoms with Gasteiger partial charge in [0.15, 0.2) is 0 Å². The van der Waals surface area contributed by atoms with Gasteiger partial charge in [-0.05, 0) is 23.3 Å². The van der Waals surface area contributed by atoms with Crippen LogP contribution >= 0.6 is 24.0 Å². The van der Waals surface area contributed by atoms with Crippen LogP contribution in [-0.2, 0) is 6.54 Å². The largest absolute Gasteiger partial charge is 0.491 e. The highest BCUT2D eigenvalue weighted by atomic mass is 127. The zero-order valence-electron chi connectivity index (χ0n) is 14.7. The number of hydrogen-bond donors (Lipinski definition) is 1. The normalized spacial score (nSPS) is 14.0. The molecule has 0 radical (unpaired) electrons. The van der Waals surface area contributed by atoms with Crippen LogP contribution in [0.4, 0.5) is 0 Å². The summed E-state index contributed by atoms with van der Waals surface area (Å²) in [5.74, 6) is 0.781. The number of aliphatic hydroxyl groups excluding tert-OH is 1. The lowest BCUT2D eigenvalue weighted by molar-refractivity contribution is 0.0760. The molecule has 0 spiro atoms. The minimum Gasteiger partial charge on any atom is -0.491 e. The fraction of sp³-hybridized carbons (Fsp3) is 0.238. The first-order valence-electron chi connectivity index (χ1n) is 8.46. The van der Waals surface area contributed by atoms with Crippen molar-refractivity contribution in [2.24, 2.45) is 0 Å². The van der Waals surface area contributed by atoms with E-state index in [-0.39, 0.29) is 30.6 Å². The molecule has 1 aliphatic heterocycles. The maximum absolute atomic E-state index is 10.2. The number of para-hydroxylation sites is 1. The summed E-state index contributed by atoms with van der Waals surface area (Å²) in [5.41, 5.74) is 2.38. The second-order valence-corrected chi connectivity index (χ2v) is 6.18. The number of halogens is 1. The van der Waals surface area contributed by atoms with Crippen LogP contribution in [0.15, 0.2) is 73.6 Å². The Balaban J connectivity index is 0.00000243. The summed E-state index contributed by atoms with van der Waals surface area (Å²) in [6, 6.07) is 18.0. The van der Waals surface area contributed by atoms with Gasteiger partial charge < -0.3 is 19.6 Å². The van der Waals surface area contributed by atoms with Gasteiger partial charge in [0.05, 0.1) is 6.67 Å². The van der Waals surface area contributed by atoms with Crippen molar-refractivity contribution in [2.75, 3.05) is 19.8 Å². The summed E-state index contributed by atoms with van der Waals surface area (Å²) in [4.78, 5) is 4.31. The van der Waals surface area contributed by atoms with Crippen LogP contribution in [0.5, 0.6) is 5.75 Å². The Kier molecular flexibility index (Phi) is 8.00. The molecular formula is C21H25IN2O2. The van der Waals surface area contributed by atoms with Crippen molar-refractivity contribution in [3.05, 3.63) is 84.7 Å². The van der Waals surface area contributed by atoms with Crippen molar-refractivity contribution < 1.29 is 9.84 Å². The Morgan fingerprint density at radius 3 is 2.42 bits per heavy atom. The summed E-state index contributed by atoms with van der Waals surface area (Å²) in [6.45, 7) is 6.23. The van der Waals surface area contributed by atoms with Crippen molar-refractivity contribution in [3.8, 4) is 5.75 Å². The molecule has 1 heterocycles. The molecule has 1 atom stereocenters. The van der Waals surface area contributed by atoms with Crippen LogP contribution in [0.2, 0.25) is 0 Å². The molecule has 0 saturated carbocycles. The summed E-state index contributed by atoms with van der Waals surface area (Å²) in [6.07, 6.45) is 5.40. The summed E-state index contributed by atoms with van der Waals surface area (Å²) in [7, 11) is 0. The minimum atomic E-state index is -0.531. The maximum Gasteiger partial charge on any atom is 0.119 e. The first-order valence-corrected chi connectivity index (χ1v) is 8.46. The van der Waals surface area contributed by atoms with Gasteiger partial charge >= 0.3 is 0 Å². The lowest BCUT2D eigenvalue weighted by atomic mass is 10.1. The summed E-state index contributed by atoms with van der Waals surface area (Å²) in [5, 5.41) is 10.2. The third kappa shape index (κ3) is 6.07. The van der Waals surface area contributed by atoms with Gasteiger partial charge in [-0.2, -0.15) is 0 Å². The van der Waals surface area contributed by atoms with Crippen molar-refractivity contribution in [2.45, 2.75) is 12.6 Å². The summed E-state index contributed by atoms with van der Waals surface area (Å²) >= 11 is 0. The zero-order valence-corrected chi connectivity index (χ0v) is 17.0. The van der Waals surface area contributed by atoms with E-state index < -0.39 is 6.10 Å². The molecule has 4 nitrogen and oxygen atoms in total. The molecule has 5 heteroatoms. The Bertz CT molecular complexity index is 704. The van der Waals surface area contributed by atoms with Gasteiger partial charge in [-0.25, -0.2) is 0 Å². The molecule has 1 aliphatic rings. The molecule has 1 N–H and O–H groups in total. The second-order valence-electron chi connectivity index (χ2n) is 6.18. The fourth-order valence-corrected chi connectivity index (χ4v) is 2.76. The molecule has 0 saturated heterocycles. The van der Waals surface area contributed by atoms with E-state index >= 15 is 0 Å². The van der Waals surface area contributed by atoms with E-state index in [2.05, 4.69) is 46.8 Å². The van der Waals surface area contributed by atoms with E-state index in [0.29, 0.717) is 6.54 Å². The Morgan fingerprint density at radius 2 is 1.73 bits per heavy atom. The Morgan fingerprint density at radius 1 is 1.04 bits per heavy atom. The van der Waals surface area contributed by atoms with Gasteiger partial charge in [-0.3, -0.25) is 0 Å². The number of hydrogen-bond acceptors (Lipinski definition) is 4. The lowest BCUT2D eigenvalue weighted by Crippen LogP contribution is -2.34. The number of β-amino-alcohol motifs (C(OH)–C–C–N with tert-alkyl or cyclic N) is 1. The monoisotopic (exact) mass is 464 g/mol. The smallest absolute Gasteiger partial charge is 0.119 e. The molecule has 3 rings (SSSR count). The van der Waals surface area contributed by atoms with Crippen LogP contribution in [0.3, 0.4) is 0 Å². The average molecular weight is 464 g/mol. The van der Waals surface area contributed by atoms with Crippen LogP contribution in [0, 0.1) is 0 Å². The van der Waals surface area contributed by atoms with E-state index in [0.717, 1.165) is 24.5 Å². The second kappa shape index (κ2) is 10.2. The average Bonchev–Trinajstić information content (AvgIpc) is 3.08. The Labute approximate surface area is 172 Å². The molecule has 2 aromatic carbocycles. The third-order valence-electron chi connectivity index (χ3n) is 4.08. The molecule has 26 heavy (non-hydrogen) atoms. The standard InChI is InChI=1S/C21H24N2O2.HI/c1-2-18-8-10-19(11-9-18)14-22-12-13-23(17-22)15-20(24)16-25-21-6-4-3-5-7-21;/h2-13,20,24H,1,14-17H2;1H. The number of ether oxygens (including phenoxy) is 1. The van der Waals surface area contributed by atoms with E-state index in [1.807, 2.05) is 42.6 Å². The topological polar surface area (TPSA) is 35.9 Å². The minimum absolute atomic E-state index is 0. The first-order chi connectivity index (χ1) is 12.2. The quantitative estimate of drug-likeness (QED) is 0.601. The van der Waals surface area contributed by atoms with Gasteiger partial charge in [0.2, 0.25) is 0 Å². The molecular weight excluding hydrogens is 439 g/mol. The maximum atomic E-state index is 10.2. The number of nitrogens with zero attached hydrogens (tertiary/aromatic N) is 2. The molecule has 138 valence electrons. The first kappa shape index (κ1) is 20.3. The molecule has 0 amide bonds. The molecule has 0 bridgehead atoms. The molecule has 2 aromatic rings. The van der Waals surface area contributed by atoms with Crippen LogP contribution in [0.1, 0.15) is 11.1 Å². The van der Waals surface area contributed by atoms with E-state index in [9.17, 15) is 5.11 Å². The van der Waals surface area contributed by atoms with Gasteiger partial charge in [0, 0.05) is 25.5 Å². The number of aliphatic hydroxyl groups is 1. The highest BCUT2D eigenvalue weighted by molar-refractivity contribution is 14.0.